The number of carbonyl (C=O) groups excluding carboxylic acids is 3. The van der Waals surface area contributed by atoms with E-state index in [0.29, 0.717) is 13.0 Å². The van der Waals surface area contributed by atoms with E-state index in [0.717, 1.165) is 11.8 Å². The summed E-state index contributed by atoms with van der Waals surface area (Å²) in [6.45, 7) is 7.05. The first-order chi connectivity index (χ1) is 9.14. The van der Waals surface area contributed by atoms with Gasteiger partial charge in [0.2, 0.25) is 0 Å². The number of ether oxygens (including phenoxy) is 2. The van der Waals surface area contributed by atoms with E-state index in [1.165, 1.54) is 18.9 Å². The Morgan fingerprint density at radius 1 is 1.25 bits per heavy atom. The third-order valence-corrected chi connectivity index (χ3v) is 3.70. The van der Waals surface area contributed by atoms with Crippen LogP contribution in [0.1, 0.15) is 34.1 Å². The number of hydrogen-bond donors (Lipinski definition) is 0. The Balaban J connectivity index is 2.81. The molecule has 1 aliphatic rings. The van der Waals surface area contributed by atoms with Crippen molar-refractivity contribution in [1.82, 2.24) is 4.90 Å². The zero-order valence-electron chi connectivity index (χ0n) is 12.5. The van der Waals surface area contributed by atoms with Gasteiger partial charge in [0.25, 0.3) is 0 Å². The molecule has 1 heterocycles. The highest BCUT2D eigenvalue weighted by molar-refractivity contribution is 8.14. The van der Waals surface area contributed by atoms with Crippen molar-refractivity contribution in [3.05, 3.63) is 0 Å². The fourth-order valence-electron chi connectivity index (χ4n) is 2.00. The van der Waals surface area contributed by atoms with E-state index >= 15 is 0 Å². The second-order valence-electron chi connectivity index (χ2n) is 5.64. The van der Waals surface area contributed by atoms with Crippen molar-refractivity contribution in [1.29, 1.82) is 0 Å². The molecule has 114 valence electrons. The van der Waals surface area contributed by atoms with Gasteiger partial charge in [0, 0.05) is 18.7 Å². The van der Waals surface area contributed by atoms with E-state index in [1.54, 1.807) is 20.8 Å². The summed E-state index contributed by atoms with van der Waals surface area (Å²) < 4.78 is 10.0. The molecule has 0 bridgehead atoms. The van der Waals surface area contributed by atoms with Crippen molar-refractivity contribution in [2.75, 3.05) is 13.7 Å². The molecule has 1 saturated heterocycles. The van der Waals surface area contributed by atoms with E-state index < -0.39 is 23.7 Å². The molecule has 1 aliphatic heterocycles. The number of thioether (sulfide) groups is 1. The molecule has 1 fully saturated rings. The summed E-state index contributed by atoms with van der Waals surface area (Å²) in [6.07, 6.45) is -0.157. The van der Waals surface area contributed by atoms with Gasteiger partial charge in [0.15, 0.2) is 5.12 Å². The minimum Gasteiger partial charge on any atom is -0.467 e. The fraction of sp³-hybridized carbons (Fsp3) is 0.769. The van der Waals surface area contributed by atoms with Crippen LogP contribution in [0.15, 0.2) is 0 Å². The minimum absolute atomic E-state index is 0.0374. The normalized spacial score (nSPS) is 22.6. The van der Waals surface area contributed by atoms with Gasteiger partial charge < -0.3 is 9.47 Å². The number of hydrogen-bond acceptors (Lipinski definition) is 6. The minimum atomic E-state index is -0.688. The molecule has 0 aromatic heterocycles. The molecular formula is C13H21NO5S. The maximum absolute atomic E-state index is 12.1. The lowest BCUT2D eigenvalue weighted by molar-refractivity contribution is -0.145. The Labute approximate surface area is 123 Å². The topological polar surface area (TPSA) is 72.9 Å². The van der Waals surface area contributed by atoms with Crippen molar-refractivity contribution < 1.29 is 23.9 Å². The van der Waals surface area contributed by atoms with Crippen molar-refractivity contribution in [2.45, 2.75) is 51.0 Å². The number of rotatable bonds is 2. The largest absolute Gasteiger partial charge is 0.467 e. The van der Waals surface area contributed by atoms with E-state index in [9.17, 15) is 14.4 Å². The van der Waals surface area contributed by atoms with Gasteiger partial charge in [0.1, 0.15) is 11.6 Å². The number of likely N-dealkylation sites (tertiary alicyclic amines) is 1. The second kappa shape index (κ2) is 6.47. The van der Waals surface area contributed by atoms with Crippen LogP contribution in [0.25, 0.3) is 0 Å². The van der Waals surface area contributed by atoms with E-state index in [1.807, 2.05) is 0 Å². The van der Waals surface area contributed by atoms with Crippen LogP contribution in [0.2, 0.25) is 0 Å². The summed E-state index contributed by atoms with van der Waals surface area (Å²) in [6, 6.07) is -0.688. The zero-order valence-corrected chi connectivity index (χ0v) is 13.3. The molecule has 1 amide bonds. The molecule has 20 heavy (non-hydrogen) atoms. The van der Waals surface area contributed by atoms with Crippen LogP contribution in [0.3, 0.4) is 0 Å². The van der Waals surface area contributed by atoms with Gasteiger partial charge in [-0.05, 0) is 27.2 Å². The zero-order chi connectivity index (χ0) is 15.5. The maximum atomic E-state index is 12.1. The summed E-state index contributed by atoms with van der Waals surface area (Å²) in [5.74, 6) is -0.484. The van der Waals surface area contributed by atoms with Crippen molar-refractivity contribution in [3.8, 4) is 0 Å². The lowest BCUT2D eigenvalue weighted by Crippen LogP contribution is -2.43. The quantitative estimate of drug-likeness (QED) is 0.725. The summed E-state index contributed by atoms with van der Waals surface area (Å²) in [5, 5.41) is -0.145. The first-order valence-corrected chi connectivity index (χ1v) is 7.26. The van der Waals surface area contributed by atoms with Crippen LogP contribution in [-0.2, 0) is 19.1 Å². The summed E-state index contributed by atoms with van der Waals surface area (Å²) in [5.41, 5.74) is -0.635. The summed E-state index contributed by atoms with van der Waals surface area (Å²) in [7, 11) is 1.28. The Bertz CT molecular complexity index is 404. The van der Waals surface area contributed by atoms with Gasteiger partial charge in [-0.2, -0.15) is 0 Å². The van der Waals surface area contributed by atoms with Crippen LogP contribution in [0.5, 0.6) is 0 Å². The molecule has 0 aromatic rings. The third kappa shape index (κ3) is 4.70. The van der Waals surface area contributed by atoms with Gasteiger partial charge in [-0.15, -0.1) is 0 Å². The summed E-state index contributed by atoms with van der Waals surface area (Å²) in [4.78, 5) is 36.4. The lowest BCUT2D eigenvalue weighted by Gasteiger charge is -2.27. The number of esters is 1. The smallest absolute Gasteiger partial charge is 0.411 e. The van der Waals surface area contributed by atoms with Crippen LogP contribution >= 0.6 is 11.8 Å². The van der Waals surface area contributed by atoms with Crippen LogP contribution < -0.4 is 0 Å². The Hall–Kier alpha value is -1.24. The molecule has 0 spiro atoms. The molecule has 0 radical (unpaired) electrons. The number of methoxy groups -OCH3 is 1. The highest BCUT2D eigenvalue weighted by atomic mass is 32.2. The SMILES string of the molecule is COC(=O)C1CC(SC(C)=O)CN1C(=O)OC(C)(C)C. The van der Waals surface area contributed by atoms with Gasteiger partial charge in [0.05, 0.1) is 7.11 Å². The van der Waals surface area contributed by atoms with E-state index in [4.69, 9.17) is 9.47 Å². The molecule has 2 atom stereocenters. The molecule has 2 unspecified atom stereocenters. The number of nitrogens with zero attached hydrogens (tertiary/aromatic N) is 1. The predicted octanol–water partition coefficient (Wildman–Crippen LogP) is 1.82. The number of carbonyl (C=O) groups is 3. The lowest BCUT2D eigenvalue weighted by atomic mass is 10.2. The molecular weight excluding hydrogens is 282 g/mol. The first-order valence-electron chi connectivity index (χ1n) is 6.38. The van der Waals surface area contributed by atoms with Gasteiger partial charge in [-0.3, -0.25) is 9.69 Å². The van der Waals surface area contributed by atoms with E-state index in [2.05, 4.69) is 0 Å². The molecule has 6 nitrogen and oxygen atoms in total. The molecule has 1 rings (SSSR count). The molecule has 7 heteroatoms. The first kappa shape index (κ1) is 16.8. The van der Waals surface area contributed by atoms with Crippen LogP contribution in [0, 0.1) is 0 Å². The monoisotopic (exact) mass is 303 g/mol. The predicted molar refractivity (Wildman–Crippen MR) is 75.4 cm³/mol. The van der Waals surface area contributed by atoms with Crippen molar-refractivity contribution >= 4 is 28.9 Å². The van der Waals surface area contributed by atoms with Gasteiger partial charge in [-0.1, -0.05) is 11.8 Å². The van der Waals surface area contributed by atoms with Crippen molar-refractivity contribution in [2.24, 2.45) is 0 Å². The summed E-state index contributed by atoms with van der Waals surface area (Å²) >= 11 is 1.14. The maximum Gasteiger partial charge on any atom is 0.411 e. The third-order valence-electron chi connectivity index (χ3n) is 2.70. The number of amides is 1. The average Bonchev–Trinajstić information content (AvgIpc) is 2.68. The average molecular weight is 303 g/mol. The highest BCUT2D eigenvalue weighted by Crippen LogP contribution is 2.30. The second-order valence-corrected chi connectivity index (χ2v) is 7.12. The highest BCUT2D eigenvalue weighted by Gasteiger charge is 2.42. The molecule has 0 aromatic carbocycles. The van der Waals surface area contributed by atoms with Crippen LogP contribution in [-0.4, -0.2) is 52.6 Å². The Morgan fingerprint density at radius 3 is 2.30 bits per heavy atom. The molecule has 0 aliphatic carbocycles. The molecule has 0 N–H and O–H groups in total. The standard InChI is InChI=1S/C13H21NO5S/c1-8(15)20-9-6-10(11(16)18-5)14(7-9)12(17)19-13(2,3)4/h9-10H,6-7H2,1-5H3. The van der Waals surface area contributed by atoms with E-state index in [-0.39, 0.29) is 10.4 Å². The molecule has 0 saturated carbocycles. The Kier molecular flexibility index (Phi) is 5.44. The van der Waals surface area contributed by atoms with Crippen LogP contribution in [0.4, 0.5) is 4.79 Å². The van der Waals surface area contributed by atoms with Gasteiger partial charge >= 0.3 is 12.1 Å². The van der Waals surface area contributed by atoms with Crippen molar-refractivity contribution in [3.63, 3.8) is 0 Å². The van der Waals surface area contributed by atoms with Gasteiger partial charge in [-0.25, -0.2) is 9.59 Å². The fourth-order valence-corrected chi connectivity index (χ4v) is 2.98. The Morgan fingerprint density at radius 2 is 1.85 bits per heavy atom.